The number of non-ortho nitro benzene ring substituents is 1. The van der Waals surface area contributed by atoms with Gasteiger partial charge in [0.2, 0.25) is 0 Å². The van der Waals surface area contributed by atoms with Gasteiger partial charge in [-0.05, 0) is 23.6 Å². The standard InChI is InChI=1S/C17H19FN4O2.HI/c1-19-17(20-10-9-14-6-2-3-8-16(14)18)21-12-13-5-4-7-15(11-13)22(23)24;/h2-8,11H,9-10,12H2,1H3,(H2,19,20,21);1H. The molecule has 0 aliphatic rings. The first kappa shape index (κ1) is 20.8. The first-order valence-corrected chi connectivity index (χ1v) is 7.51. The minimum Gasteiger partial charge on any atom is -0.356 e. The van der Waals surface area contributed by atoms with Gasteiger partial charge in [0.15, 0.2) is 5.96 Å². The fraction of sp³-hybridized carbons (Fsp3) is 0.235. The highest BCUT2D eigenvalue weighted by molar-refractivity contribution is 14.0. The van der Waals surface area contributed by atoms with Gasteiger partial charge < -0.3 is 10.6 Å². The maximum absolute atomic E-state index is 13.5. The Balaban J connectivity index is 0.00000312. The third-order valence-corrected chi connectivity index (χ3v) is 3.45. The lowest BCUT2D eigenvalue weighted by molar-refractivity contribution is -0.384. The molecule has 0 amide bonds. The number of aliphatic imine (C=N–C) groups is 1. The van der Waals surface area contributed by atoms with Crippen molar-refractivity contribution in [3.63, 3.8) is 0 Å². The minimum absolute atomic E-state index is 0. The van der Waals surface area contributed by atoms with Crippen molar-refractivity contribution in [2.45, 2.75) is 13.0 Å². The molecule has 0 heterocycles. The molecule has 0 bridgehead atoms. The topological polar surface area (TPSA) is 79.6 Å². The summed E-state index contributed by atoms with van der Waals surface area (Å²) in [4.78, 5) is 14.4. The second-order valence-electron chi connectivity index (χ2n) is 5.12. The lowest BCUT2D eigenvalue weighted by Crippen LogP contribution is -2.37. The van der Waals surface area contributed by atoms with Crippen LogP contribution in [0.15, 0.2) is 53.5 Å². The zero-order valence-corrected chi connectivity index (χ0v) is 16.1. The number of halogens is 2. The molecule has 0 aromatic heterocycles. The lowest BCUT2D eigenvalue weighted by Gasteiger charge is -2.12. The maximum atomic E-state index is 13.5. The number of nitrogens with one attached hydrogen (secondary N) is 2. The zero-order valence-electron chi connectivity index (χ0n) is 13.7. The van der Waals surface area contributed by atoms with Crippen LogP contribution in [0.1, 0.15) is 11.1 Å². The smallest absolute Gasteiger partial charge is 0.269 e. The van der Waals surface area contributed by atoms with E-state index in [0.717, 1.165) is 5.56 Å². The van der Waals surface area contributed by atoms with Gasteiger partial charge in [-0.25, -0.2) is 4.39 Å². The van der Waals surface area contributed by atoms with Crippen LogP contribution in [-0.4, -0.2) is 24.5 Å². The summed E-state index contributed by atoms with van der Waals surface area (Å²) in [5.41, 5.74) is 1.47. The van der Waals surface area contributed by atoms with Crippen LogP contribution in [0.3, 0.4) is 0 Å². The van der Waals surface area contributed by atoms with Crippen LogP contribution in [0.25, 0.3) is 0 Å². The summed E-state index contributed by atoms with van der Waals surface area (Å²) >= 11 is 0. The summed E-state index contributed by atoms with van der Waals surface area (Å²) < 4.78 is 13.5. The number of nitro benzene ring substituents is 1. The molecule has 8 heteroatoms. The van der Waals surface area contributed by atoms with E-state index in [1.54, 1.807) is 37.4 Å². The van der Waals surface area contributed by atoms with Crippen LogP contribution < -0.4 is 10.6 Å². The van der Waals surface area contributed by atoms with Crippen molar-refractivity contribution >= 4 is 35.6 Å². The Hall–Kier alpha value is -2.23. The fourth-order valence-corrected chi connectivity index (χ4v) is 2.20. The number of benzene rings is 2. The molecule has 2 rings (SSSR count). The van der Waals surface area contributed by atoms with Crippen molar-refractivity contribution in [2.75, 3.05) is 13.6 Å². The predicted octanol–water partition coefficient (Wildman–Crippen LogP) is 3.26. The van der Waals surface area contributed by atoms with Gasteiger partial charge in [-0.3, -0.25) is 15.1 Å². The molecule has 25 heavy (non-hydrogen) atoms. The van der Waals surface area contributed by atoms with E-state index in [4.69, 9.17) is 0 Å². The lowest BCUT2D eigenvalue weighted by atomic mass is 10.1. The maximum Gasteiger partial charge on any atom is 0.269 e. The molecular weight excluding hydrogens is 438 g/mol. The molecule has 2 aromatic carbocycles. The Kier molecular flexibility index (Phi) is 8.82. The van der Waals surface area contributed by atoms with Gasteiger partial charge in [-0.15, -0.1) is 24.0 Å². The van der Waals surface area contributed by atoms with Crippen molar-refractivity contribution in [1.29, 1.82) is 0 Å². The molecule has 134 valence electrons. The van der Waals surface area contributed by atoms with Crippen LogP contribution in [0.5, 0.6) is 0 Å². The highest BCUT2D eigenvalue weighted by atomic mass is 127. The van der Waals surface area contributed by atoms with E-state index < -0.39 is 4.92 Å². The second-order valence-corrected chi connectivity index (χ2v) is 5.12. The third kappa shape index (κ3) is 6.65. The molecular formula is C17H20FIN4O2. The number of guanidine groups is 1. The van der Waals surface area contributed by atoms with Gasteiger partial charge in [-0.1, -0.05) is 30.3 Å². The molecule has 2 N–H and O–H groups in total. The van der Waals surface area contributed by atoms with Crippen molar-refractivity contribution in [3.8, 4) is 0 Å². The van der Waals surface area contributed by atoms with Gasteiger partial charge >= 0.3 is 0 Å². The molecule has 0 aliphatic heterocycles. The second kappa shape index (κ2) is 10.6. The molecule has 0 saturated heterocycles. The summed E-state index contributed by atoms with van der Waals surface area (Å²) in [6.07, 6.45) is 0.532. The molecule has 0 radical (unpaired) electrons. The van der Waals surface area contributed by atoms with Crippen LogP contribution >= 0.6 is 24.0 Å². The normalized spacial score (nSPS) is 10.7. The quantitative estimate of drug-likeness (QED) is 0.229. The van der Waals surface area contributed by atoms with E-state index in [2.05, 4.69) is 15.6 Å². The largest absolute Gasteiger partial charge is 0.356 e. The number of hydrogen-bond donors (Lipinski definition) is 2. The Morgan fingerprint density at radius 2 is 1.96 bits per heavy atom. The first-order chi connectivity index (χ1) is 11.6. The van der Waals surface area contributed by atoms with Gasteiger partial charge in [0.05, 0.1) is 4.92 Å². The van der Waals surface area contributed by atoms with E-state index in [1.165, 1.54) is 18.2 Å². The van der Waals surface area contributed by atoms with Crippen LogP contribution in [0.4, 0.5) is 10.1 Å². The monoisotopic (exact) mass is 458 g/mol. The van der Waals surface area contributed by atoms with Crippen molar-refractivity contribution in [3.05, 3.63) is 75.6 Å². The van der Waals surface area contributed by atoms with Crippen LogP contribution in [0.2, 0.25) is 0 Å². The Bertz CT molecular complexity index is 740. The van der Waals surface area contributed by atoms with E-state index in [1.807, 2.05) is 0 Å². The third-order valence-electron chi connectivity index (χ3n) is 3.45. The highest BCUT2D eigenvalue weighted by Gasteiger charge is 2.06. The van der Waals surface area contributed by atoms with E-state index >= 15 is 0 Å². The molecule has 0 atom stereocenters. The molecule has 0 unspecified atom stereocenters. The van der Waals surface area contributed by atoms with Crippen molar-refractivity contribution in [2.24, 2.45) is 4.99 Å². The minimum atomic E-state index is -0.426. The summed E-state index contributed by atoms with van der Waals surface area (Å²) in [5, 5.41) is 16.9. The molecule has 0 aliphatic carbocycles. The summed E-state index contributed by atoms with van der Waals surface area (Å²) in [7, 11) is 1.63. The molecule has 0 fully saturated rings. The van der Waals surface area contributed by atoms with Gasteiger partial charge in [0.25, 0.3) is 5.69 Å². The van der Waals surface area contributed by atoms with Gasteiger partial charge in [-0.2, -0.15) is 0 Å². The van der Waals surface area contributed by atoms with E-state index in [-0.39, 0.29) is 35.5 Å². The average molecular weight is 458 g/mol. The number of nitro groups is 1. The number of nitrogens with zero attached hydrogens (tertiary/aromatic N) is 2. The SMILES string of the molecule is CN=C(NCCc1ccccc1F)NCc1cccc([N+](=O)[O-])c1.I. The van der Waals surface area contributed by atoms with Crippen molar-refractivity contribution < 1.29 is 9.31 Å². The van der Waals surface area contributed by atoms with Crippen LogP contribution in [0, 0.1) is 15.9 Å². The Labute approximate surface area is 162 Å². The predicted molar refractivity (Wildman–Crippen MR) is 107 cm³/mol. The molecule has 2 aromatic rings. The molecule has 6 nitrogen and oxygen atoms in total. The molecule has 0 saturated carbocycles. The number of hydrogen-bond acceptors (Lipinski definition) is 3. The first-order valence-electron chi connectivity index (χ1n) is 7.51. The molecule has 0 spiro atoms. The van der Waals surface area contributed by atoms with Gasteiger partial charge in [0.1, 0.15) is 5.82 Å². The van der Waals surface area contributed by atoms with Gasteiger partial charge in [0, 0.05) is 32.3 Å². The zero-order chi connectivity index (χ0) is 17.4. The summed E-state index contributed by atoms with van der Waals surface area (Å²) in [6, 6.07) is 13.0. The average Bonchev–Trinajstić information content (AvgIpc) is 2.59. The van der Waals surface area contributed by atoms with E-state index in [9.17, 15) is 14.5 Å². The van der Waals surface area contributed by atoms with E-state index in [0.29, 0.717) is 31.0 Å². The highest BCUT2D eigenvalue weighted by Crippen LogP contribution is 2.12. The number of rotatable bonds is 6. The van der Waals surface area contributed by atoms with Crippen LogP contribution in [-0.2, 0) is 13.0 Å². The summed E-state index contributed by atoms with van der Waals surface area (Å²) in [5.74, 6) is 0.330. The fourth-order valence-electron chi connectivity index (χ4n) is 2.20. The van der Waals surface area contributed by atoms with Crippen molar-refractivity contribution in [1.82, 2.24) is 10.6 Å². The summed E-state index contributed by atoms with van der Waals surface area (Å²) in [6.45, 7) is 0.927. The Morgan fingerprint density at radius 3 is 2.64 bits per heavy atom. The Morgan fingerprint density at radius 1 is 1.20 bits per heavy atom.